The van der Waals surface area contributed by atoms with Crippen LogP contribution in [0.2, 0.25) is 0 Å². The van der Waals surface area contributed by atoms with E-state index in [1.54, 1.807) is 22.7 Å². The van der Waals surface area contributed by atoms with Crippen LogP contribution in [0, 0.1) is 22.7 Å². The van der Waals surface area contributed by atoms with Gasteiger partial charge in [-0.15, -0.1) is 39.1 Å². The Balaban J connectivity index is 0.000000135. The highest BCUT2D eigenvalue weighted by atomic mass is 79.9. The molecule has 0 spiro atoms. The Labute approximate surface area is 479 Å². The van der Waals surface area contributed by atoms with Crippen LogP contribution in [-0.2, 0) is 0 Å². The minimum absolute atomic E-state index is 0.527. The number of benzene rings is 5. The summed E-state index contributed by atoms with van der Waals surface area (Å²) in [6.45, 7) is 5.80. The molecule has 7 heterocycles. The molecular formula is C61H57BrN14S3. The Morgan fingerprint density at radius 3 is 1.32 bits per heavy atom. The van der Waals surface area contributed by atoms with E-state index in [9.17, 15) is 5.26 Å². The van der Waals surface area contributed by atoms with Crippen LogP contribution in [0.15, 0.2) is 153 Å². The van der Waals surface area contributed by atoms with Crippen molar-refractivity contribution in [1.29, 1.82) is 10.5 Å². The van der Waals surface area contributed by atoms with Crippen molar-refractivity contribution in [3.8, 4) is 33.0 Å². The maximum absolute atomic E-state index is 9.24. The van der Waals surface area contributed by atoms with E-state index in [2.05, 4.69) is 187 Å². The van der Waals surface area contributed by atoms with E-state index >= 15 is 0 Å². The average molecular weight is 1160 g/mol. The molecule has 3 N–H and O–H groups in total. The second kappa shape index (κ2) is 24.9. The van der Waals surface area contributed by atoms with E-state index in [0.29, 0.717) is 17.7 Å². The molecule has 79 heavy (non-hydrogen) atoms. The summed E-state index contributed by atoms with van der Waals surface area (Å²) in [4.78, 5) is 23.5. The summed E-state index contributed by atoms with van der Waals surface area (Å²) in [5.41, 5.74) is 8.29. The third kappa shape index (κ3) is 12.7. The number of likely N-dealkylation sites (N-methyl/N-ethyl adjacent to an activating group) is 3. The molecule has 0 atom stereocenters. The van der Waals surface area contributed by atoms with Gasteiger partial charge in [0.1, 0.15) is 24.0 Å². The smallest absolute Gasteiger partial charge is 0.135 e. The number of pyridine rings is 3. The van der Waals surface area contributed by atoms with Crippen LogP contribution in [0.25, 0.3) is 83.8 Å². The van der Waals surface area contributed by atoms with Gasteiger partial charge in [0.05, 0.1) is 49.3 Å². The molecule has 0 fully saturated rings. The lowest BCUT2D eigenvalue weighted by molar-refractivity contribution is 0.425. The van der Waals surface area contributed by atoms with Crippen molar-refractivity contribution in [2.75, 3.05) is 104 Å². The Kier molecular flexibility index (Phi) is 17.2. The van der Waals surface area contributed by atoms with Gasteiger partial charge in [0.15, 0.2) is 0 Å². The third-order valence-corrected chi connectivity index (χ3v) is 17.2. The number of nitriles is 2. The van der Waals surface area contributed by atoms with Crippen LogP contribution in [-0.4, -0.2) is 123 Å². The molecule has 1 aliphatic heterocycles. The molecule has 0 saturated heterocycles. The normalized spacial score (nSPS) is 12.1. The van der Waals surface area contributed by atoms with Crippen molar-refractivity contribution in [2.24, 2.45) is 15.4 Å². The molecule has 18 heteroatoms. The minimum Gasteiger partial charge on any atom is -0.368 e. The standard InChI is InChI=1S/C23H22N6S.C22H20N4S.C16H15BrN4S/c1-29(2)11-10-24-23-18-13-21(15-6-4-3-5-7-15)30-22(18)17-9-8-16(12-19(17)26-23)20-14-25-28-27-20;1-26(2)11-10-24-22-18-13-20(16-6-4-3-5-7-16)27-21(18)17-9-8-15(14-23)12-19(17)25-22;1-21(2)6-5-19-16-12-8-14(17)22-15(12)11-4-3-10(9-18)7-13(11)20-16/h3-9,12-13H,10-11,14H2,1-2H3,(H,24,26);3-9,12-13H,10-11H2,1-2H3,(H,24,25);3-4,7-8H,5-6H2,1-2H3,(H,19,20). The van der Waals surface area contributed by atoms with Gasteiger partial charge in [0.2, 0.25) is 0 Å². The van der Waals surface area contributed by atoms with E-state index in [4.69, 9.17) is 20.2 Å². The lowest BCUT2D eigenvalue weighted by Crippen LogP contribution is -2.21. The highest BCUT2D eigenvalue weighted by molar-refractivity contribution is 9.11. The maximum Gasteiger partial charge on any atom is 0.135 e. The number of nitrogens with one attached hydrogen (secondary N) is 3. The zero-order valence-electron chi connectivity index (χ0n) is 44.7. The predicted molar refractivity (Wildman–Crippen MR) is 337 cm³/mol. The van der Waals surface area contributed by atoms with Gasteiger partial charge in [-0.1, -0.05) is 84.9 Å². The number of fused-ring (bicyclic) bond motifs is 9. The third-order valence-electron chi connectivity index (χ3n) is 13.1. The Morgan fingerprint density at radius 2 is 0.899 bits per heavy atom. The van der Waals surface area contributed by atoms with Crippen molar-refractivity contribution in [3.63, 3.8) is 0 Å². The molecule has 0 radical (unpaired) electrons. The van der Waals surface area contributed by atoms with Gasteiger partial charge in [0.25, 0.3) is 0 Å². The summed E-state index contributed by atoms with van der Waals surface area (Å²) >= 11 is 8.85. The van der Waals surface area contributed by atoms with Gasteiger partial charge in [0, 0.05) is 101 Å². The molecule has 6 aromatic heterocycles. The largest absolute Gasteiger partial charge is 0.368 e. The number of aromatic nitrogens is 3. The van der Waals surface area contributed by atoms with E-state index < -0.39 is 0 Å². The fraction of sp³-hybridized carbons (Fsp3) is 0.213. The van der Waals surface area contributed by atoms with Crippen LogP contribution in [0.5, 0.6) is 0 Å². The lowest BCUT2D eigenvalue weighted by Gasteiger charge is -2.13. The summed E-state index contributed by atoms with van der Waals surface area (Å²) in [6, 6.07) is 49.7. The van der Waals surface area contributed by atoms with E-state index in [1.807, 2.05) is 74.0 Å². The zero-order chi connectivity index (χ0) is 55.0. The molecule has 1 aliphatic rings. The van der Waals surface area contributed by atoms with Gasteiger partial charge in [-0.3, -0.25) is 0 Å². The monoisotopic (exact) mass is 1160 g/mol. The summed E-state index contributed by atoms with van der Waals surface area (Å²) in [6.07, 6.45) is 0. The summed E-state index contributed by atoms with van der Waals surface area (Å²) in [5.74, 6) is 2.69. The Morgan fingerprint density at radius 1 is 0.481 bits per heavy atom. The molecule has 0 aliphatic carbocycles. The molecule has 14 nitrogen and oxygen atoms in total. The van der Waals surface area contributed by atoms with Crippen molar-refractivity contribution < 1.29 is 0 Å². The first-order valence-corrected chi connectivity index (χ1v) is 28.9. The number of rotatable bonds is 15. The topological polar surface area (TPSA) is 169 Å². The van der Waals surface area contributed by atoms with Gasteiger partial charge in [-0.25, -0.2) is 15.0 Å². The molecule has 0 amide bonds. The fourth-order valence-corrected chi connectivity index (χ4v) is 13.1. The quantitative estimate of drug-likeness (QED) is 0.0893. The highest BCUT2D eigenvalue weighted by Gasteiger charge is 2.18. The Hall–Kier alpha value is -7.78. The molecule has 0 saturated carbocycles. The van der Waals surface area contributed by atoms with Crippen LogP contribution in [0.4, 0.5) is 17.5 Å². The average Bonchev–Trinajstić information content (AvgIpc) is 4.41. The highest BCUT2D eigenvalue weighted by Crippen LogP contribution is 2.43. The second-order valence-electron chi connectivity index (χ2n) is 19.7. The first-order valence-electron chi connectivity index (χ1n) is 25.7. The van der Waals surface area contributed by atoms with Crippen molar-refractivity contribution in [1.82, 2.24) is 29.7 Å². The second-order valence-corrected chi connectivity index (χ2v) is 24.2. The number of anilines is 3. The first-order chi connectivity index (χ1) is 38.4. The molecule has 5 aromatic carbocycles. The van der Waals surface area contributed by atoms with Gasteiger partial charge < -0.3 is 30.7 Å². The summed E-state index contributed by atoms with van der Waals surface area (Å²) in [5, 5.41) is 47.4. The number of hydrogen-bond acceptors (Lipinski definition) is 17. The van der Waals surface area contributed by atoms with Gasteiger partial charge >= 0.3 is 0 Å². The SMILES string of the molecule is CN(C)CCNc1nc2cc(C#N)ccc2c2sc(-c3ccccc3)cc12.CN(C)CCNc1nc2cc(C#N)ccc2c2sc(Br)cc12.CN(C)CCNc1nc2cc(C3=NN=NC3)ccc2c2sc(-c3ccccc3)cc12. The zero-order valence-corrected chi connectivity index (χ0v) is 48.7. The molecule has 11 aromatic rings. The van der Waals surface area contributed by atoms with Crippen LogP contribution in [0.3, 0.4) is 0 Å². The van der Waals surface area contributed by atoms with Gasteiger partial charge in [-0.2, -0.15) is 15.6 Å². The van der Waals surface area contributed by atoms with Gasteiger partial charge in [-0.05, 0) is 123 Å². The van der Waals surface area contributed by atoms with Crippen molar-refractivity contribution in [3.05, 3.63) is 154 Å². The first kappa shape index (κ1) is 54.6. The number of thiophene rings is 3. The van der Waals surface area contributed by atoms with Crippen LogP contribution in [0.1, 0.15) is 16.7 Å². The Bertz CT molecular complexity index is 4130. The van der Waals surface area contributed by atoms with Crippen molar-refractivity contribution >= 4 is 136 Å². The molecule has 396 valence electrons. The maximum atomic E-state index is 9.24. The summed E-state index contributed by atoms with van der Waals surface area (Å²) < 4.78 is 4.72. The number of halogens is 1. The van der Waals surface area contributed by atoms with Crippen LogP contribution >= 0.6 is 49.9 Å². The predicted octanol–water partition coefficient (Wildman–Crippen LogP) is 14.3. The number of hydrogen-bond donors (Lipinski definition) is 3. The lowest BCUT2D eigenvalue weighted by atomic mass is 10.1. The van der Waals surface area contributed by atoms with Crippen molar-refractivity contribution in [2.45, 2.75) is 0 Å². The summed E-state index contributed by atoms with van der Waals surface area (Å²) in [7, 11) is 12.4. The number of nitrogens with zero attached hydrogens (tertiary/aromatic N) is 11. The molecule has 12 rings (SSSR count). The minimum atomic E-state index is 0.527. The van der Waals surface area contributed by atoms with Crippen LogP contribution < -0.4 is 16.0 Å². The van der Waals surface area contributed by atoms with E-state index in [-0.39, 0.29) is 0 Å². The van der Waals surface area contributed by atoms with E-state index in [0.717, 1.165) is 115 Å². The molecule has 0 bridgehead atoms. The molecular weight excluding hydrogens is 1100 g/mol. The fourth-order valence-electron chi connectivity index (χ4n) is 9.03. The molecule has 0 unspecified atom stereocenters. The van der Waals surface area contributed by atoms with E-state index in [1.165, 1.54) is 40.4 Å².